The van der Waals surface area contributed by atoms with Crippen LogP contribution < -0.4 is 5.73 Å². The summed E-state index contributed by atoms with van der Waals surface area (Å²) in [5.41, 5.74) is 12.5. The van der Waals surface area contributed by atoms with Crippen molar-refractivity contribution in [3.63, 3.8) is 0 Å². The number of rotatable bonds is 4. The van der Waals surface area contributed by atoms with E-state index in [4.69, 9.17) is 5.73 Å². The number of nitrogens with two attached hydrogens (primary N) is 1. The Morgan fingerprint density at radius 1 is 1.30 bits per heavy atom. The van der Waals surface area contributed by atoms with E-state index >= 15 is 0 Å². The molecule has 20 heavy (non-hydrogen) atoms. The number of aryl methyl sites for hydroxylation is 2. The molecular weight excluding hydrogens is 246 g/mol. The van der Waals surface area contributed by atoms with Gasteiger partial charge in [-0.15, -0.1) is 0 Å². The number of fused-ring (bicyclic) bond motifs is 1. The second-order valence-electron chi connectivity index (χ2n) is 5.68. The first kappa shape index (κ1) is 13.3. The number of hydrogen-bond acceptors (Lipinski definition) is 3. The summed E-state index contributed by atoms with van der Waals surface area (Å²) in [6, 6.07) is 10.8. The third-order valence-corrected chi connectivity index (χ3v) is 4.26. The van der Waals surface area contributed by atoms with Gasteiger partial charge in [-0.05, 0) is 54.9 Å². The molecule has 0 bridgehead atoms. The highest BCUT2D eigenvalue weighted by molar-refractivity contribution is 5.40. The van der Waals surface area contributed by atoms with Crippen LogP contribution in [-0.4, -0.2) is 10.2 Å². The van der Waals surface area contributed by atoms with Gasteiger partial charge in [-0.2, -0.15) is 10.2 Å². The molecule has 0 saturated heterocycles. The second kappa shape index (κ2) is 5.33. The summed E-state index contributed by atoms with van der Waals surface area (Å²) in [5.74, 6) is 0.597. The zero-order valence-electron chi connectivity index (χ0n) is 12.1. The molecule has 1 aromatic carbocycles. The minimum Gasteiger partial charge on any atom is -0.324 e. The molecule has 0 saturated carbocycles. The molecule has 2 unspecified atom stereocenters. The lowest BCUT2D eigenvalue weighted by molar-refractivity contribution is 0.494. The Hall–Kier alpha value is -1.74. The molecule has 0 fully saturated rings. The maximum atomic E-state index is 6.44. The molecule has 0 radical (unpaired) electrons. The fraction of sp³-hybridized carbons (Fsp3) is 0.412. The van der Waals surface area contributed by atoms with Crippen molar-refractivity contribution in [2.24, 2.45) is 5.73 Å². The fourth-order valence-electron chi connectivity index (χ4n) is 3.14. The van der Waals surface area contributed by atoms with Gasteiger partial charge < -0.3 is 5.73 Å². The van der Waals surface area contributed by atoms with Crippen LogP contribution in [0.3, 0.4) is 0 Å². The SMILES string of the molecule is CCc1nnc(C)cc1C(N)CC1Cc2ccccc21. The van der Waals surface area contributed by atoms with Gasteiger partial charge in [-0.3, -0.25) is 0 Å². The van der Waals surface area contributed by atoms with E-state index in [1.807, 2.05) is 6.92 Å². The Kier molecular flexibility index (Phi) is 3.53. The molecule has 1 heterocycles. The predicted molar refractivity (Wildman–Crippen MR) is 80.6 cm³/mol. The summed E-state index contributed by atoms with van der Waals surface area (Å²) in [4.78, 5) is 0. The molecular formula is C17H21N3. The van der Waals surface area contributed by atoms with Crippen LogP contribution >= 0.6 is 0 Å². The van der Waals surface area contributed by atoms with Crippen molar-refractivity contribution in [3.8, 4) is 0 Å². The summed E-state index contributed by atoms with van der Waals surface area (Å²) in [5, 5.41) is 8.42. The zero-order valence-corrected chi connectivity index (χ0v) is 12.1. The fourth-order valence-corrected chi connectivity index (χ4v) is 3.14. The Labute approximate surface area is 120 Å². The topological polar surface area (TPSA) is 51.8 Å². The Morgan fingerprint density at radius 3 is 2.85 bits per heavy atom. The van der Waals surface area contributed by atoms with Gasteiger partial charge in [0, 0.05) is 6.04 Å². The van der Waals surface area contributed by atoms with Gasteiger partial charge in [0.15, 0.2) is 0 Å². The van der Waals surface area contributed by atoms with Gasteiger partial charge in [-0.1, -0.05) is 31.2 Å². The average Bonchev–Trinajstić information content (AvgIpc) is 2.44. The highest BCUT2D eigenvalue weighted by Crippen LogP contribution is 2.40. The number of hydrogen-bond donors (Lipinski definition) is 1. The lowest BCUT2D eigenvalue weighted by Gasteiger charge is -2.32. The maximum absolute atomic E-state index is 6.44. The van der Waals surface area contributed by atoms with Gasteiger partial charge in [0.1, 0.15) is 0 Å². The van der Waals surface area contributed by atoms with Crippen molar-refractivity contribution in [3.05, 3.63) is 58.4 Å². The molecule has 3 rings (SSSR count). The molecule has 1 aliphatic carbocycles. The highest BCUT2D eigenvalue weighted by Gasteiger charge is 2.28. The molecule has 0 amide bonds. The summed E-state index contributed by atoms with van der Waals surface area (Å²) in [6.45, 7) is 4.08. The number of aromatic nitrogens is 2. The molecule has 0 aliphatic heterocycles. The van der Waals surface area contributed by atoms with Crippen LogP contribution in [-0.2, 0) is 12.8 Å². The largest absolute Gasteiger partial charge is 0.324 e. The smallest absolute Gasteiger partial charge is 0.0676 e. The van der Waals surface area contributed by atoms with E-state index in [0.717, 1.165) is 30.7 Å². The van der Waals surface area contributed by atoms with Gasteiger partial charge in [-0.25, -0.2) is 0 Å². The molecule has 104 valence electrons. The standard InChI is InChI=1S/C17H21N3/c1-3-17-15(8-11(2)19-20-17)16(18)10-13-9-12-6-4-5-7-14(12)13/h4-8,13,16H,3,9-10,18H2,1-2H3. The van der Waals surface area contributed by atoms with Gasteiger partial charge >= 0.3 is 0 Å². The van der Waals surface area contributed by atoms with Crippen LogP contribution in [0.25, 0.3) is 0 Å². The van der Waals surface area contributed by atoms with Crippen LogP contribution in [0, 0.1) is 6.92 Å². The Balaban J connectivity index is 1.78. The molecule has 2 aromatic rings. The Bertz CT molecular complexity index is 621. The van der Waals surface area contributed by atoms with E-state index < -0.39 is 0 Å². The van der Waals surface area contributed by atoms with E-state index in [1.165, 1.54) is 16.7 Å². The van der Waals surface area contributed by atoms with Crippen LogP contribution in [0.1, 0.15) is 53.4 Å². The van der Waals surface area contributed by atoms with Crippen molar-refractivity contribution in [2.75, 3.05) is 0 Å². The van der Waals surface area contributed by atoms with E-state index in [-0.39, 0.29) is 6.04 Å². The zero-order chi connectivity index (χ0) is 14.1. The average molecular weight is 267 g/mol. The van der Waals surface area contributed by atoms with Gasteiger partial charge in [0.25, 0.3) is 0 Å². The van der Waals surface area contributed by atoms with Crippen molar-refractivity contribution >= 4 is 0 Å². The van der Waals surface area contributed by atoms with Crippen LogP contribution in [0.2, 0.25) is 0 Å². The Morgan fingerprint density at radius 2 is 2.10 bits per heavy atom. The first-order valence-corrected chi connectivity index (χ1v) is 7.35. The summed E-state index contributed by atoms with van der Waals surface area (Å²) >= 11 is 0. The normalized spacial score (nSPS) is 18.2. The van der Waals surface area contributed by atoms with Crippen LogP contribution in [0.4, 0.5) is 0 Å². The quantitative estimate of drug-likeness (QED) is 0.926. The number of benzene rings is 1. The van der Waals surface area contributed by atoms with E-state index in [9.17, 15) is 0 Å². The molecule has 2 N–H and O–H groups in total. The lowest BCUT2D eigenvalue weighted by Crippen LogP contribution is -2.24. The maximum Gasteiger partial charge on any atom is 0.0676 e. The molecule has 2 atom stereocenters. The van der Waals surface area contributed by atoms with Crippen molar-refractivity contribution in [1.82, 2.24) is 10.2 Å². The molecule has 0 spiro atoms. The van der Waals surface area contributed by atoms with Crippen molar-refractivity contribution in [1.29, 1.82) is 0 Å². The van der Waals surface area contributed by atoms with E-state index in [2.05, 4.69) is 47.5 Å². The third-order valence-electron chi connectivity index (χ3n) is 4.26. The van der Waals surface area contributed by atoms with Gasteiger partial charge in [0.05, 0.1) is 11.4 Å². The summed E-state index contributed by atoms with van der Waals surface area (Å²) in [6.07, 6.45) is 3.04. The van der Waals surface area contributed by atoms with Crippen LogP contribution in [0.5, 0.6) is 0 Å². The minimum atomic E-state index is 0.0532. The molecule has 3 heteroatoms. The minimum absolute atomic E-state index is 0.0532. The monoisotopic (exact) mass is 267 g/mol. The van der Waals surface area contributed by atoms with Crippen molar-refractivity contribution in [2.45, 2.75) is 45.1 Å². The predicted octanol–water partition coefficient (Wildman–Crippen LogP) is 3.08. The lowest BCUT2D eigenvalue weighted by atomic mass is 9.74. The van der Waals surface area contributed by atoms with E-state index in [0.29, 0.717) is 5.92 Å². The van der Waals surface area contributed by atoms with E-state index in [1.54, 1.807) is 0 Å². The first-order chi connectivity index (χ1) is 9.69. The second-order valence-corrected chi connectivity index (χ2v) is 5.68. The van der Waals surface area contributed by atoms with Gasteiger partial charge in [0.2, 0.25) is 0 Å². The van der Waals surface area contributed by atoms with Crippen molar-refractivity contribution < 1.29 is 0 Å². The first-order valence-electron chi connectivity index (χ1n) is 7.35. The van der Waals surface area contributed by atoms with Crippen LogP contribution in [0.15, 0.2) is 30.3 Å². The third kappa shape index (κ3) is 2.34. The molecule has 1 aliphatic rings. The summed E-state index contributed by atoms with van der Waals surface area (Å²) < 4.78 is 0. The number of nitrogens with zero attached hydrogens (tertiary/aromatic N) is 2. The summed E-state index contributed by atoms with van der Waals surface area (Å²) in [7, 11) is 0. The molecule has 3 nitrogen and oxygen atoms in total. The molecule has 1 aromatic heterocycles. The highest BCUT2D eigenvalue weighted by atomic mass is 15.1.